The molecule has 4 rings (SSSR count). The van der Waals surface area contributed by atoms with Gasteiger partial charge >= 0.3 is 0 Å². The number of halogens is 2. The van der Waals surface area contributed by atoms with Crippen molar-refractivity contribution in [3.8, 4) is 0 Å². The van der Waals surface area contributed by atoms with Crippen LogP contribution in [0.3, 0.4) is 0 Å². The zero-order valence-corrected chi connectivity index (χ0v) is 18.7. The second-order valence-corrected chi connectivity index (χ2v) is 8.71. The van der Waals surface area contributed by atoms with Crippen molar-refractivity contribution in [2.45, 2.75) is 38.4 Å². The molecule has 162 valence electrons. The van der Waals surface area contributed by atoms with E-state index >= 15 is 0 Å². The summed E-state index contributed by atoms with van der Waals surface area (Å²) in [5.41, 5.74) is 1.61. The standard InChI is InChI=1S/C23H23BrFN3O3/c1-2-27(13-14-11-15(24)7-10-19(14)25)20(29)12-26-22(30)21-17-5-3-4-6-18(17)23(31)28(21)16-8-9-16/h3-7,10-11,16,21H,2,8-9,12-13H2,1H3,(H,26,30). The van der Waals surface area contributed by atoms with Gasteiger partial charge in [0.1, 0.15) is 11.9 Å². The van der Waals surface area contributed by atoms with Gasteiger partial charge < -0.3 is 15.1 Å². The minimum atomic E-state index is -0.721. The number of carbonyl (C=O) groups excluding carboxylic acids is 3. The first-order valence-electron chi connectivity index (χ1n) is 10.3. The molecular formula is C23H23BrFN3O3. The van der Waals surface area contributed by atoms with Crippen LogP contribution in [0.15, 0.2) is 46.9 Å². The Morgan fingerprint density at radius 1 is 1.23 bits per heavy atom. The number of hydrogen-bond acceptors (Lipinski definition) is 3. The largest absolute Gasteiger partial charge is 0.345 e. The zero-order valence-electron chi connectivity index (χ0n) is 17.1. The normalized spacial score (nSPS) is 17.5. The summed E-state index contributed by atoms with van der Waals surface area (Å²) in [6.45, 7) is 2.07. The average Bonchev–Trinajstić information content (AvgIpc) is 3.56. The fourth-order valence-corrected chi connectivity index (χ4v) is 4.36. The molecule has 1 atom stereocenters. The summed E-state index contributed by atoms with van der Waals surface area (Å²) in [7, 11) is 0. The van der Waals surface area contributed by atoms with E-state index in [0.29, 0.717) is 23.2 Å². The molecule has 1 aliphatic heterocycles. The third-order valence-corrected chi connectivity index (χ3v) is 6.20. The van der Waals surface area contributed by atoms with Crippen molar-refractivity contribution in [2.24, 2.45) is 0 Å². The van der Waals surface area contributed by atoms with Gasteiger partial charge in [-0.25, -0.2) is 4.39 Å². The topological polar surface area (TPSA) is 69.7 Å². The Morgan fingerprint density at radius 3 is 2.68 bits per heavy atom. The number of amides is 3. The summed E-state index contributed by atoms with van der Waals surface area (Å²) in [6.07, 6.45) is 1.76. The van der Waals surface area contributed by atoms with Crippen LogP contribution in [0.2, 0.25) is 0 Å². The lowest BCUT2D eigenvalue weighted by molar-refractivity contribution is -0.134. The predicted octanol–water partition coefficient (Wildman–Crippen LogP) is 3.41. The van der Waals surface area contributed by atoms with Gasteiger partial charge in [0.25, 0.3) is 5.91 Å². The lowest BCUT2D eigenvalue weighted by atomic mass is 10.0. The number of nitrogens with one attached hydrogen (secondary N) is 1. The van der Waals surface area contributed by atoms with E-state index in [1.807, 2.05) is 0 Å². The molecule has 2 aromatic rings. The molecule has 1 heterocycles. The molecule has 1 saturated carbocycles. The van der Waals surface area contributed by atoms with Crippen LogP contribution in [-0.4, -0.2) is 46.7 Å². The van der Waals surface area contributed by atoms with Gasteiger partial charge in [0.15, 0.2) is 0 Å². The highest BCUT2D eigenvalue weighted by Gasteiger charge is 2.47. The first kappa shape index (κ1) is 21.5. The van der Waals surface area contributed by atoms with Crippen molar-refractivity contribution in [1.82, 2.24) is 15.1 Å². The first-order chi connectivity index (χ1) is 14.9. The Labute approximate surface area is 188 Å². The van der Waals surface area contributed by atoms with Crippen LogP contribution in [0.4, 0.5) is 4.39 Å². The predicted molar refractivity (Wildman–Crippen MR) is 117 cm³/mol. The van der Waals surface area contributed by atoms with Crippen molar-refractivity contribution in [1.29, 1.82) is 0 Å². The second-order valence-electron chi connectivity index (χ2n) is 7.79. The summed E-state index contributed by atoms with van der Waals surface area (Å²) in [4.78, 5) is 41.7. The molecule has 1 N–H and O–H groups in total. The summed E-state index contributed by atoms with van der Waals surface area (Å²) < 4.78 is 14.8. The smallest absolute Gasteiger partial charge is 0.255 e. The SMILES string of the molecule is CCN(Cc1cc(Br)ccc1F)C(=O)CNC(=O)C1c2ccccc2C(=O)N1C1CC1. The Bertz CT molecular complexity index is 1040. The van der Waals surface area contributed by atoms with Crippen LogP contribution in [-0.2, 0) is 16.1 Å². The van der Waals surface area contributed by atoms with E-state index in [9.17, 15) is 18.8 Å². The monoisotopic (exact) mass is 487 g/mol. The number of likely N-dealkylation sites (N-methyl/N-ethyl adjacent to an activating group) is 1. The molecule has 1 fully saturated rings. The van der Waals surface area contributed by atoms with E-state index in [1.165, 1.54) is 11.0 Å². The number of hydrogen-bond donors (Lipinski definition) is 1. The summed E-state index contributed by atoms with van der Waals surface area (Å²) in [6, 6.07) is 11.0. The van der Waals surface area contributed by atoms with Gasteiger partial charge in [-0.1, -0.05) is 34.1 Å². The second kappa shape index (κ2) is 8.78. The Morgan fingerprint density at radius 2 is 1.97 bits per heavy atom. The highest BCUT2D eigenvalue weighted by molar-refractivity contribution is 9.10. The Hall–Kier alpha value is -2.74. The Kier molecular flexibility index (Phi) is 6.09. The minimum absolute atomic E-state index is 0.0676. The molecule has 8 heteroatoms. The molecule has 2 aliphatic rings. The third-order valence-electron chi connectivity index (χ3n) is 5.70. The van der Waals surface area contributed by atoms with Crippen LogP contribution >= 0.6 is 15.9 Å². The number of nitrogens with zero attached hydrogens (tertiary/aromatic N) is 2. The van der Waals surface area contributed by atoms with Gasteiger partial charge in [0, 0.05) is 34.7 Å². The molecule has 3 amide bonds. The van der Waals surface area contributed by atoms with Crippen LogP contribution in [0.1, 0.15) is 47.3 Å². The molecule has 1 unspecified atom stereocenters. The zero-order chi connectivity index (χ0) is 22.1. The van der Waals surface area contributed by atoms with Gasteiger partial charge in [0.2, 0.25) is 11.8 Å². The highest BCUT2D eigenvalue weighted by atomic mass is 79.9. The maximum absolute atomic E-state index is 14.1. The van der Waals surface area contributed by atoms with Crippen LogP contribution in [0.25, 0.3) is 0 Å². The average molecular weight is 488 g/mol. The van der Waals surface area contributed by atoms with E-state index < -0.39 is 6.04 Å². The molecule has 0 spiro atoms. The van der Waals surface area contributed by atoms with E-state index in [-0.39, 0.29) is 42.7 Å². The van der Waals surface area contributed by atoms with E-state index in [2.05, 4.69) is 21.2 Å². The van der Waals surface area contributed by atoms with Gasteiger partial charge in [-0.15, -0.1) is 0 Å². The lowest BCUT2D eigenvalue weighted by Crippen LogP contribution is -2.44. The van der Waals surface area contributed by atoms with Crippen molar-refractivity contribution in [2.75, 3.05) is 13.1 Å². The number of rotatable bonds is 7. The lowest BCUT2D eigenvalue weighted by Gasteiger charge is -2.25. The molecule has 1 aliphatic carbocycles. The number of fused-ring (bicyclic) bond motifs is 1. The molecule has 31 heavy (non-hydrogen) atoms. The van der Waals surface area contributed by atoms with Gasteiger partial charge in [-0.05, 0) is 49.6 Å². The van der Waals surface area contributed by atoms with Crippen LogP contribution in [0, 0.1) is 5.82 Å². The fourth-order valence-electron chi connectivity index (χ4n) is 3.95. The quantitative estimate of drug-likeness (QED) is 0.650. The Balaban J connectivity index is 1.44. The highest BCUT2D eigenvalue weighted by Crippen LogP contribution is 2.41. The maximum Gasteiger partial charge on any atom is 0.255 e. The first-order valence-corrected chi connectivity index (χ1v) is 11.1. The van der Waals surface area contributed by atoms with Crippen molar-refractivity contribution >= 4 is 33.7 Å². The van der Waals surface area contributed by atoms with Crippen LogP contribution in [0.5, 0.6) is 0 Å². The number of benzene rings is 2. The molecule has 0 saturated heterocycles. The summed E-state index contributed by atoms with van der Waals surface area (Å²) >= 11 is 3.31. The van der Waals surface area contributed by atoms with Crippen molar-refractivity contribution in [3.05, 3.63) is 69.4 Å². The van der Waals surface area contributed by atoms with Gasteiger partial charge in [0.05, 0.1) is 6.54 Å². The van der Waals surface area contributed by atoms with Crippen LogP contribution < -0.4 is 5.32 Å². The molecule has 0 radical (unpaired) electrons. The molecule has 2 aromatic carbocycles. The van der Waals surface area contributed by atoms with Crippen molar-refractivity contribution < 1.29 is 18.8 Å². The maximum atomic E-state index is 14.1. The number of carbonyl (C=O) groups is 3. The van der Waals surface area contributed by atoms with E-state index in [1.54, 1.807) is 48.2 Å². The third kappa shape index (κ3) is 4.35. The summed E-state index contributed by atoms with van der Waals surface area (Å²) in [5.74, 6) is -1.21. The fraction of sp³-hybridized carbons (Fsp3) is 0.348. The molecule has 0 aromatic heterocycles. The van der Waals surface area contributed by atoms with E-state index in [4.69, 9.17) is 0 Å². The summed E-state index contributed by atoms with van der Waals surface area (Å²) in [5, 5.41) is 2.70. The molecule has 6 nitrogen and oxygen atoms in total. The van der Waals surface area contributed by atoms with Gasteiger partial charge in [-0.3, -0.25) is 14.4 Å². The van der Waals surface area contributed by atoms with Gasteiger partial charge in [-0.2, -0.15) is 0 Å². The minimum Gasteiger partial charge on any atom is -0.345 e. The van der Waals surface area contributed by atoms with E-state index in [0.717, 1.165) is 17.3 Å². The van der Waals surface area contributed by atoms with Crippen molar-refractivity contribution in [3.63, 3.8) is 0 Å². The molecule has 0 bridgehead atoms. The molecular weight excluding hydrogens is 465 g/mol.